The van der Waals surface area contributed by atoms with Gasteiger partial charge in [-0.05, 0) is 74.7 Å². The van der Waals surface area contributed by atoms with Crippen LogP contribution in [0.2, 0.25) is 5.02 Å². The molecule has 0 aliphatic rings. The largest absolute Gasteiger partial charge is 0.481 e. The molecular weight excluding hydrogens is 627 g/mol. The number of aryl methyl sites for hydroxylation is 2. The van der Waals surface area contributed by atoms with E-state index in [2.05, 4.69) is 5.32 Å². The van der Waals surface area contributed by atoms with Crippen molar-refractivity contribution in [1.29, 1.82) is 0 Å². The number of aliphatic carboxylic acids is 1. The van der Waals surface area contributed by atoms with Crippen molar-refractivity contribution in [1.82, 2.24) is 0 Å². The number of nitrogens with one attached hydrogen (secondary N) is 1. The summed E-state index contributed by atoms with van der Waals surface area (Å²) in [6.45, 7) is 7.80. The zero-order chi connectivity index (χ0) is 32.2. The van der Waals surface area contributed by atoms with Crippen LogP contribution in [0, 0.1) is 19.7 Å². The lowest BCUT2D eigenvalue weighted by Crippen LogP contribution is -2.07. The quantitative estimate of drug-likeness (QED) is 0.129. The van der Waals surface area contributed by atoms with E-state index in [0.29, 0.717) is 30.1 Å². The van der Waals surface area contributed by atoms with Crippen molar-refractivity contribution < 1.29 is 51.7 Å². The number of hydrogen-bond donors (Lipinski definition) is 4. The minimum atomic E-state index is -4.40. The van der Waals surface area contributed by atoms with Crippen molar-refractivity contribution in [3.63, 3.8) is 0 Å². The summed E-state index contributed by atoms with van der Waals surface area (Å²) in [7, 11) is -7.52. The average molecular weight is 662 g/mol. The predicted octanol–water partition coefficient (Wildman–Crippen LogP) is 7.27. The Kier molecular flexibility index (Phi) is 14.1. The number of carboxylic acids is 1. The average Bonchev–Trinajstić information content (AvgIpc) is 2.90. The summed E-state index contributed by atoms with van der Waals surface area (Å²) in [5, 5.41) is 11.9. The van der Waals surface area contributed by atoms with E-state index in [1.54, 1.807) is 20.8 Å². The Morgan fingerprint density at radius 2 is 1.60 bits per heavy atom. The molecule has 0 atom stereocenters. The van der Waals surface area contributed by atoms with Crippen LogP contribution in [0.25, 0.3) is 0 Å². The number of carboxylic acid groups (broad SMARTS) is 1. The Bertz CT molecular complexity index is 1450. The van der Waals surface area contributed by atoms with Crippen LogP contribution in [0.15, 0.2) is 54.6 Å². The van der Waals surface area contributed by atoms with Gasteiger partial charge in [0.25, 0.3) is 0 Å². The molecule has 0 saturated carbocycles. The topological polar surface area (TPSA) is 161 Å². The van der Waals surface area contributed by atoms with Crippen LogP contribution in [0.5, 0.6) is 11.5 Å². The Balaban J connectivity index is 0.000000329. The molecule has 0 fully saturated rings. The number of rotatable bonds is 14. The normalized spacial score (nSPS) is 11.3. The molecule has 0 bridgehead atoms. The fraction of sp³-hybridized carbons (Fsp3) is 0.321. The maximum atomic E-state index is 14.0. The summed E-state index contributed by atoms with van der Waals surface area (Å²) in [5.41, 5.74) is 2.04. The second kappa shape index (κ2) is 16.8. The maximum absolute atomic E-state index is 14.0. The first-order valence-electron chi connectivity index (χ1n) is 13.0. The second-order valence-corrected chi connectivity index (χ2v) is 13.0. The second-order valence-electron chi connectivity index (χ2n) is 9.04. The van der Waals surface area contributed by atoms with Gasteiger partial charge in [0.15, 0.2) is 12.7 Å². The summed E-state index contributed by atoms with van der Waals surface area (Å²) in [4.78, 5) is 29.0. The molecule has 11 nitrogen and oxygen atoms in total. The van der Waals surface area contributed by atoms with E-state index in [0.717, 1.165) is 5.56 Å². The van der Waals surface area contributed by atoms with Gasteiger partial charge in [-0.3, -0.25) is 13.9 Å². The van der Waals surface area contributed by atoms with E-state index in [1.807, 2.05) is 31.2 Å². The maximum Gasteiger partial charge on any atom is 0.367 e. The molecule has 15 heteroatoms. The number of para-hydroxylation sites is 1. The van der Waals surface area contributed by atoms with E-state index in [9.17, 15) is 18.3 Å². The number of anilines is 2. The van der Waals surface area contributed by atoms with Gasteiger partial charge >= 0.3 is 21.2 Å². The number of ether oxygens (including phenoxy) is 2. The summed E-state index contributed by atoms with van der Waals surface area (Å²) in [6.07, 6.45) is -1.25. The summed E-state index contributed by atoms with van der Waals surface area (Å²) < 4.78 is 57.9. The van der Waals surface area contributed by atoms with Crippen LogP contribution in [0.1, 0.15) is 30.5 Å². The van der Waals surface area contributed by atoms with E-state index in [4.69, 9.17) is 45.0 Å². The Morgan fingerprint density at radius 3 is 2.16 bits per heavy atom. The van der Waals surface area contributed by atoms with Gasteiger partial charge in [-0.25, -0.2) is 4.39 Å². The Morgan fingerprint density at radius 1 is 0.953 bits per heavy atom. The lowest BCUT2D eigenvalue weighted by Gasteiger charge is -2.17. The van der Waals surface area contributed by atoms with Gasteiger partial charge < -0.3 is 38.7 Å². The van der Waals surface area contributed by atoms with Crippen LogP contribution < -0.4 is 14.8 Å². The minimum Gasteiger partial charge on any atom is -0.481 e. The van der Waals surface area contributed by atoms with Crippen LogP contribution in [-0.4, -0.2) is 46.8 Å². The van der Waals surface area contributed by atoms with Gasteiger partial charge in [-0.2, -0.15) is 0 Å². The number of benzene rings is 3. The molecule has 0 amide bonds. The van der Waals surface area contributed by atoms with Gasteiger partial charge in [-0.1, -0.05) is 29.8 Å². The van der Waals surface area contributed by atoms with E-state index >= 15 is 0 Å². The predicted molar refractivity (Wildman–Crippen MR) is 162 cm³/mol. The Hall–Kier alpha value is -2.95. The molecule has 0 heterocycles. The molecule has 0 unspecified atom stereocenters. The third kappa shape index (κ3) is 12.7. The fourth-order valence-electron chi connectivity index (χ4n) is 3.60. The van der Waals surface area contributed by atoms with Crippen LogP contribution in [-0.2, 0) is 29.4 Å². The van der Waals surface area contributed by atoms with Crippen molar-refractivity contribution in [2.45, 2.75) is 34.1 Å². The first-order valence-corrected chi connectivity index (χ1v) is 16.9. The molecule has 3 aromatic rings. The highest BCUT2D eigenvalue weighted by Crippen LogP contribution is 2.48. The van der Waals surface area contributed by atoms with Gasteiger partial charge in [0.2, 0.25) is 0 Å². The molecule has 236 valence electrons. The lowest BCUT2D eigenvalue weighted by molar-refractivity contribution is -0.136. The molecule has 3 rings (SSSR count). The van der Waals surface area contributed by atoms with Crippen molar-refractivity contribution >= 4 is 44.1 Å². The molecule has 43 heavy (non-hydrogen) atoms. The minimum absolute atomic E-state index is 0.0504. The third-order valence-electron chi connectivity index (χ3n) is 5.38. The van der Waals surface area contributed by atoms with E-state index in [-0.39, 0.29) is 34.9 Å². The SMILES string of the molecule is CCOP(=O)(COc1cccc(C)c1)OCC.Cc1cc(CC(=O)O)c(Nc2c(F)cccc2Cl)cc1OCP(=O)(O)O. The summed E-state index contributed by atoms with van der Waals surface area (Å²) >= 11 is 5.98. The highest BCUT2D eigenvalue weighted by molar-refractivity contribution is 7.53. The van der Waals surface area contributed by atoms with Crippen LogP contribution >= 0.6 is 26.8 Å². The highest BCUT2D eigenvalue weighted by atomic mass is 35.5. The lowest BCUT2D eigenvalue weighted by atomic mass is 10.0. The first kappa shape index (κ1) is 36.2. The zero-order valence-corrected chi connectivity index (χ0v) is 26.6. The van der Waals surface area contributed by atoms with Gasteiger partial charge in [0.1, 0.15) is 17.3 Å². The highest BCUT2D eigenvalue weighted by Gasteiger charge is 2.24. The zero-order valence-electron chi connectivity index (χ0n) is 24.1. The van der Waals surface area contributed by atoms with Crippen LogP contribution in [0.3, 0.4) is 0 Å². The van der Waals surface area contributed by atoms with Crippen molar-refractivity contribution in [3.05, 3.63) is 82.1 Å². The number of hydrogen-bond acceptors (Lipinski definition) is 8. The van der Waals surface area contributed by atoms with E-state index in [1.165, 1.54) is 30.3 Å². The monoisotopic (exact) mass is 661 g/mol. The number of carbonyl (C=O) groups is 1. The molecule has 0 spiro atoms. The van der Waals surface area contributed by atoms with E-state index < -0.39 is 33.3 Å². The van der Waals surface area contributed by atoms with Crippen LogP contribution in [0.4, 0.5) is 15.8 Å². The van der Waals surface area contributed by atoms with Crippen molar-refractivity contribution in [2.24, 2.45) is 0 Å². The summed E-state index contributed by atoms with van der Waals surface area (Å²) in [6, 6.07) is 14.5. The first-order chi connectivity index (χ1) is 20.2. The molecule has 0 aliphatic heterocycles. The standard InChI is InChI=1S/C16H16ClFNO6P.C12H19O4P/c1-9-5-10(6-15(20)21)13(7-14(9)25-8-26(22,23)24)19-16-11(17)3-2-4-12(16)18;1-4-15-17(13,16-5-2)10-14-12-8-6-7-11(3)9-12/h2-5,7,19H,6,8H2,1H3,(H,20,21)(H2,22,23,24);6-9H,4-5,10H2,1-3H3. The third-order valence-corrected chi connectivity index (χ3v) is 7.91. The Labute approximate surface area is 254 Å². The molecule has 0 saturated heterocycles. The molecular formula is C28H35ClFNO10P2. The molecule has 3 aromatic carbocycles. The summed E-state index contributed by atoms with van der Waals surface area (Å²) in [5.74, 6) is -0.949. The smallest absolute Gasteiger partial charge is 0.367 e. The molecule has 0 aliphatic carbocycles. The fourth-order valence-corrected chi connectivity index (χ4v) is 5.43. The molecule has 0 radical (unpaired) electrons. The van der Waals surface area contributed by atoms with Gasteiger partial charge in [-0.15, -0.1) is 0 Å². The molecule has 0 aromatic heterocycles. The van der Waals surface area contributed by atoms with Crippen molar-refractivity contribution in [3.8, 4) is 11.5 Å². The van der Waals surface area contributed by atoms with Gasteiger partial charge in [0.05, 0.1) is 30.3 Å². The number of halogens is 2. The molecule has 4 N–H and O–H groups in total. The van der Waals surface area contributed by atoms with Gasteiger partial charge in [0, 0.05) is 11.8 Å². The van der Waals surface area contributed by atoms with Crippen molar-refractivity contribution in [2.75, 3.05) is 31.2 Å².